The lowest BCUT2D eigenvalue weighted by Crippen LogP contribution is -2.57. The maximum Gasteiger partial charge on any atom is 0.0592 e. The van der Waals surface area contributed by atoms with E-state index in [0.717, 1.165) is 4.47 Å². The Labute approximate surface area is 105 Å². The van der Waals surface area contributed by atoms with E-state index in [0.29, 0.717) is 5.41 Å². The normalized spacial score (nSPS) is 23.2. The first-order valence-corrected chi connectivity index (χ1v) is 6.93. The van der Waals surface area contributed by atoms with Gasteiger partial charge >= 0.3 is 0 Å². The highest BCUT2D eigenvalue weighted by atomic mass is 79.9. The van der Waals surface area contributed by atoms with E-state index >= 15 is 0 Å². The Balaban J connectivity index is 1.71. The Hall–Kier alpha value is -0.570. The maximum atomic E-state index is 4.12. The van der Waals surface area contributed by atoms with E-state index in [1.165, 1.54) is 50.9 Å². The quantitative estimate of drug-likeness (QED) is 0.781. The maximum absolute atomic E-state index is 4.12. The van der Waals surface area contributed by atoms with Crippen molar-refractivity contribution in [1.29, 1.82) is 0 Å². The highest BCUT2D eigenvalue weighted by Crippen LogP contribution is 2.46. The number of nitrogens with zero attached hydrogens (tertiary/aromatic N) is 2. The Morgan fingerprint density at radius 1 is 1.19 bits per heavy atom. The van der Waals surface area contributed by atoms with Gasteiger partial charge in [-0.25, -0.2) is 0 Å². The highest BCUT2D eigenvalue weighted by molar-refractivity contribution is 9.10. The van der Waals surface area contributed by atoms with Crippen LogP contribution in [0.1, 0.15) is 32.1 Å². The number of hydrogen-bond donors (Lipinski definition) is 0. The summed E-state index contributed by atoms with van der Waals surface area (Å²) in [5.74, 6) is 0. The fourth-order valence-corrected chi connectivity index (χ4v) is 3.68. The molecule has 1 aromatic rings. The summed E-state index contributed by atoms with van der Waals surface area (Å²) < 4.78 is 1.13. The van der Waals surface area contributed by atoms with Gasteiger partial charge in [-0.3, -0.25) is 4.98 Å². The molecule has 1 saturated heterocycles. The first kappa shape index (κ1) is 10.6. The van der Waals surface area contributed by atoms with Crippen LogP contribution in [-0.2, 0) is 0 Å². The standard InChI is InChI=1S/C13H17BrN2/c14-11-8-15-7-4-12(11)16-9-13(10-16)5-2-1-3-6-13/h4,7-8H,1-3,5-6,9-10H2. The SMILES string of the molecule is Brc1cnccc1N1CC2(CCCCC2)C1. The molecule has 16 heavy (non-hydrogen) atoms. The molecule has 2 fully saturated rings. The van der Waals surface area contributed by atoms with Crippen molar-refractivity contribution in [1.82, 2.24) is 4.98 Å². The van der Waals surface area contributed by atoms with Crippen molar-refractivity contribution in [2.45, 2.75) is 32.1 Å². The molecule has 0 amide bonds. The van der Waals surface area contributed by atoms with Gasteiger partial charge in [0.15, 0.2) is 0 Å². The molecule has 86 valence electrons. The molecule has 0 atom stereocenters. The number of hydrogen-bond acceptors (Lipinski definition) is 2. The van der Waals surface area contributed by atoms with E-state index in [1.54, 1.807) is 0 Å². The zero-order chi connectivity index (χ0) is 11.0. The van der Waals surface area contributed by atoms with Gasteiger partial charge in [-0.05, 0) is 34.8 Å². The van der Waals surface area contributed by atoms with E-state index in [-0.39, 0.29) is 0 Å². The Kier molecular flexibility index (Phi) is 2.66. The second-order valence-electron chi connectivity index (χ2n) is 5.24. The largest absolute Gasteiger partial charge is 0.369 e. The third-order valence-corrected chi connectivity index (χ3v) is 4.67. The summed E-state index contributed by atoms with van der Waals surface area (Å²) in [7, 11) is 0. The van der Waals surface area contributed by atoms with E-state index < -0.39 is 0 Å². The third-order valence-electron chi connectivity index (χ3n) is 4.06. The van der Waals surface area contributed by atoms with Crippen molar-refractivity contribution in [3.63, 3.8) is 0 Å². The molecule has 2 nitrogen and oxygen atoms in total. The molecule has 3 rings (SSSR count). The lowest BCUT2D eigenvalue weighted by molar-refractivity contribution is 0.139. The van der Waals surface area contributed by atoms with Crippen molar-refractivity contribution >= 4 is 21.6 Å². The smallest absolute Gasteiger partial charge is 0.0592 e. The molecule has 2 heterocycles. The summed E-state index contributed by atoms with van der Waals surface area (Å²) in [5, 5.41) is 0. The van der Waals surface area contributed by atoms with Crippen LogP contribution in [0.4, 0.5) is 5.69 Å². The van der Waals surface area contributed by atoms with Gasteiger partial charge in [0.2, 0.25) is 0 Å². The van der Waals surface area contributed by atoms with Crippen molar-refractivity contribution < 1.29 is 0 Å². The fourth-order valence-electron chi connectivity index (χ4n) is 3.18. The number of halogens is 1. The van der Waals surface area contributed by atoms with E-state index in [2.05, 4.69) is 31.9 Å². The molecule has 3 heteroatoms. The third kappa shape index (κ3) is 1.75. The summed E-state index contributed by atoms with van der Waals surface area (Å²) in [4.78, 5) is 6.60. The van der Waals surface area contributed by atoms with Crippen LogP contribution in [0.5, 0.6) is 0 Å². The van der Waals surface area contributed by atoms with E-state index in [4.69, 9.17) is 0 Å². The summed E-state index contributed by atoms with van der Waals surface area (Å²) >= 11 is 3.58. The Morgan fingerprint density at radius 2 is 1.94 bits per heavy atom. The van der Waals surface area contributed by atoms with Crippen LogP contribution in [0, 0.1) is 5.41 Å². The lowest BCUT2D eigenvalue weighted by Gasteiger charge is -2.53. The molecule has 0 radical (unpaired) electrons. The van der Waals surface area contributed by atoms with Crippen molar-refractivity contribution in [2.75, 3.05) is 18.0 Å². The monoisotopic (exact) mass is 280 g/mol. The first-order chi connectivity index (χ1) is 7.79. The number of anilines is 1. The van der Waals surface area contributed by atoms with Gasteiger partial charge in [0.25, 0.3) is 0 Å². The molecule has 2 aliphatic rings. The number of aromatic nitrogens is 1. The van der Waals surface area contributed by atoms with Gasteiger partial charge in [0, 0.05) is 30.9 Å². The van der Waals surface area contributed by atoms with Crippen molar-refractivity contribution in [2.24, 2.45) is 5.41 Å². The molecular formula is C13H17BrN2. The predicted octanol–water partition coefficient (Wildman–Crippen LogP) is 3.61. The van der Waals surface area contributed by atoms with Crippen LogP contribution in [0.15, 0.2) is 22.9 Å². The van der Waals surface area contributed by atoms with Gasteiger partial charge in [-0.1, -0.05) is 19.3 Å². The van der Waals surface area contributed by atoms with Gasteiger partial charge in [-0.2, -0.15) is 0 Å². The van der Waals surface area contributed by atoms with Crippen LogP contribution >= 0.6 is 15.9 Å². The summed E-state index contributed by atoms with van der Waals surface area (Å²) in [6.45, 7) is 2.49. The van der Waals surface area contributed by atoms with Gasteiger partial charge in [0.1, 0.15) is 0 Å². The second kappa shape index (κ2) is 4.02. The molecule has 1 saturated carbocycles. The van der Waals surface area contributed by atoms with E-state index in [1.807, 2.05) is 12.4 Å². The highest BCUT2D eigenvalue weighted by Gasteiger charge is 2.43. The van der Waals surface area contributed by atoms with Crippen molar-refractivity contribution in [3.8, 4) is 0 Å². The van der Waals surface area contributed by atoms with Crippen LogP contribution < -0.4 is 4.90 Å². The summed E-state index contributed by atoms with van der Waals surface area (Å²) in [5.41, 5.74) is 1.97. The first-order valence-electron chi connectivity index (χ1n) is 6.14. The molecule has 1 spiro atoms. The molecule has 1 aromatic heterocycles. The topological polar surface area (TPSA) is 16.1 Å². The van der Waals surface area contributed by atoms with E-state index in [9.17, 15) is 0 Å². The van der Waals surface area contributed by atoms with Crippen LogP contribution in [0.2, 0.25) is 0 Å². The molecule has 0 N–H and O–H groups in total. The number of pyridine rings is 1. The second-order valence-corrected chi connectivity index (χ2v) is 6.10. The molecular weight excluding hydrogens is 264 g/mol. The average molecular weight is 281 g/mol. The lowest BCUT2D eigenvalue weighted by atomic mass is 9.68. The minimum absolute atomic E-state index is 0.654. The summed E-state index contributed by atoms with van der Waals surface area (Å²) in [6, 6.07) is 2.11. The Bertz CT molecular complexity index is 377. The van der Waals surface area contributed by atoms with Crippen molar-refractivity contribution in [3.05, 3.63) is 22.9 Å². The van der Waals surface area contributed by atoms with Gasteiger partial charge in [0.05, 0.1) is 10.2 Å². The zero-order valence-electron chi connectivity index (χ0n) is 9.45. The fraction of sp³-hybridized carbons (Fsp3) is 0.615. The summed E-state index contributed by atoms with van der Waals surface area (Å²) in [6.07, 6.45) is 11.0. The average Bonchev–Trinajstić information content (AvgIpc) is 2.28. The zero-order valence-corrected chi connectivity index (χ0v) is 11.0. The molecule has 0 bridgehead atoms. The van der Waals surface area contributed by atoms with Crippen LogP contribution in [0.3, 0.4) is 0 Å². The van der Waals surface area contributed by atoms with Crippen LogP contribution in [0.25, 0.3) is 0 Å². The predicted molar refractivity (Wildman–Crippen MR) is 69.7 cm³/mol. The molecule has 1 aliphatic heterocycles. The minimum atomic E-state index is 0.654. The molecule has 0 aromatic carbocycles. The minimum Gasteiger partial charge on any atom is -0.369 e. The van der Waals surface area contributed by atoms with Crippen LogP contribution in [-0.4, -0.2) is 18.1 Å². The van der Waals surface area contributed by atoms with Gasteiger partial charge in [-0.15, -0.1) is 0 Å². The Morgan fingerprint density at radius 3 is 2.62 bits per heavy atom. The van der Waals surface area contributed by atoms with Gasteiger partial charge < -0.3 is 4.90 Å². The number of rotatable bonds is 1. The molecule has 0 unspecified atom stereocenters. The molecule has 1 aliphatic carbocycles.